The Kier molecular flexibility index (Phi) is 6.87. The molecule has 1 fully saturated rings. The number of hydrogen-bond donors (Lipinski definition) is 2. The minimum absolute atomic E-state index is 0.748. The number of morpholine rings is 1. The molecule has 4 rings (SSSR count). The second-order valence-electron chi connectivity index (χ2n) is 7.03. The highest BCUT2D eigenvalue weighted by Gasteiger charge is 2.09. The van der Waals surface area contributed by atoms with Crippen molar-refractivity contribution in [2.75, 3.05) is 50.0 Å². The van der Waals surface area contributed by atoms with Crippen LogP contribution in [0.4, 0.5) is 17.3 Å². The minimum atomic E-state index is 0.748. The summed E-state index contributed by atoms with van der Waals surface area (Å²) in [6.45, 7) is 5.86. The number of pyridine rings is 1. The van der Waals surface area contributed by atoms with Gasteiger partial charge in [0.1, 0.15) is 18.0 Å². The molecule has 1 aliphatic rings. The van der Waals surface area contributed by atoms with Crippen molar-refractivity contribution in [3.63, 3.8) is 0 Å². The van der Waals surface area contributed by atoms with Crippen LogP contribution in [-0.2, 0) is 4.74 Å². The van der Waals surface area contributed by atoms with Crippen molar-refractivity contribution in [2.24, 2.45) is 0 Å². The number of hydrogen-bond acceptors (Lipinski definition) is 7. The Labute approximate surface area is 179 Å². The van der Waals surface area contributed by atoms with Crippen LogP contribution in [0.2, 0.25) is 0 Å². The van der Waals surface area contributed by atoms with E-state index in [1.54, 1.807) is 6.33 Å². The highest BCUT2D eigenvalue weighted by molar-refractivity contribution is 9.10. The first-order valence-corrected chi connectivity index (χ1v) is 10.7. The standard InChI is InChI=1S/C21H25BrN6O/c22-16-4-3-5-17(12-16)27-21-18-14-24-20(13-19(18)25-15-26-21)23-6-1-2-7-28-8-10-29-11-9-28/h3-5,12-15H,1-2,6-11H2,(H,23,24)(H,25,26,27). The average Bonchev–Trinajstić information content (AvgIpc) is 2.74. The lowest BCUT2D eigenvalue weighted by atomic mass is 10.2. The fraction of sp³-hybridized carbons (Fsp3) is 0.381. The Hall–Kier alpha value is -2.29. The highest BCUT2D eigenvalue weighted by atomic mass is 79.9. The van der Waals surface area contributed by atoms with E-state index in [0.29, 0.717) is 0 Å². The number of aromatic nitrogens is 3. The number of halogens is 1. The number of nitrogens with zero attached hydrogens (tertiary/aromatic N) is 4. The van der Waals surface area contributed by atoms with Crippen LogP contribution in [0.25, 0.3) is 10.9 Å². The number of rotatable bonds is 8. The summed E-state index contributed by atoms with van der Waals surface area (Å²) in [6, 6.07) is 9.96. The molecule has 1 aromatic carbocycles. The van der Waals surface area contributed by atoms with E-state index < -0.39 is 0 Å². The van der Waals surface area contributed by atoms with Crippen LogP contribution in [0.1, 0.15) is 12.8 Å². The summed E-state index contributed by atoms with van der Waals surface area (Å²) in [5, 5.41) is 7.65. The SMILES string of the molecule is Brc1cccc(Nc2ncnc3cc(NCCCCN4CCOCC4)ncc23)c1. The van der Waals surface area contributed by atoms with E-state index in [4.69, 9.17) is 4.74 Å². The second kappa shape index (κ2) is 9.96. The van der Waals surface area contributed by atoms with Gasteiger partial charge in [-0.2, -0.15) is 0 Å². The van der Waals surface area contributed by atoms with E-state index in [-0.39, 0.29) is 0 Å². The molecule has 2 aromatic heterocycles. The van der Waals surface area contributed by atoms with Gasteiger partial charge >= 0.3 is 0 Å². The fourth-order valence-electron chi connectivity index (χ4n) is 3.35. The van der Waals surface area contributed by atoms with E-state index in [2.05, 4.69) is 46.4 Å². The molecule has 0 atom stereocenters. The maximum absolute atomic E-state index is 5.39. The van der Waals surface area contributed by atoms with E-state index in [1.165, 1.54) is 6.42 Å². The lowest BCUT2D eigenvalue weighted by Crippen LogP contribution is -2.36. The minimum Gasteiger partial charge on any atom is -0.379 e. The van der Waals surface area contributed by atoms with Gasteiger partial charge in [0.2, 0.25) is 0 Å². The molecule has 1 saturated heterocycles. The van der Waals surface area contributed by atoms with Gasteiger partial charge in [0.15, 0.2) is 0 Å². The summed E-state index contributed by atoms with van der Waals surface area (Å²) in [5.74, 6) is 1.59. The third kappa shape index (κ3) is 5.62. The van der Waals surface area contributed by atoms with Crippen molar-refractivity contribution in [1.82, 2.24) is 19.9 Å². The molecular formula is C21H25BrN6O. The molecule has 8 heteroatoms. The molecular weight excluding hydrogens is 432 g/mol. The third-order valence-electron chi connectivity index (χ3n) is 4.92. The van der Waals surface area contributed by atoms with Gasteiger partial charge in [0.25, 0.3) is 0 Å². The molecule has 0 unspecified atom stereocenters. The van der Waals surface area contributed by atoms with Crippen LogP contribution in [0, 0.1) is 0 Å². The molecule has 0 aliphatic carbocycles. The number of fused-ring (bicyclic) bond motifs is 1. The molecule has 2 N–H and O–H groups in total. The summed E-state index contributed by atoms with van der Waals surface area (Å²) in [5.41, 5.74) is 1.82. The zero-order valence-electron chi connectivity index (χ0n) is 16.3. The van der Waals surface area contributed by atoms with Crippen molar-refractivity contribution in [3.8, 4) is 0 Å². The molecule has 0 amide bonds. The van der Waals surface area contributed by atoms with Gasteiger partial charge in [-0.25, -0.2) is 15.0 Å². The quantitative estimate of drug-likeness (QED) is 0.495. The smallest absolute Gasteiger partial charge is 0.143 e. The number of ether oxygens (including phenoxy) is 1. The lowest BCUT2D eigenvalue weighted by Gasteiger charge is -2.26. The van der Waals surface area contributed by atoms with Crippen molar-refractivity contribution in [1.29, 1.82) is 0 Å². The molecule has 0 saturated carbocycles. The summed E-state index contributed by atoms with van der Waals surface area (Å²) >= 11 is 3.49. The van der Waals surface area contributed by atoms with Gasteiger partial charge in [0, 0.05) is 42.1 Å². The van der Waals surface area contributed by atoms with Crippen LogP contribution in [-0.4, -0.2) is 59.2 Å². The molecule has 3 aromatic rings. The Balaban J connectivity index is 1.33. The molecule has 0 bridgehead atoms. The normalized spacial score (nSPS) is 14.8. The Morgan fingerprint density at radius 3 is 2.83 bits per heavy atom. The second-order valence-corrected chi connectivity index (χ2v) is 7.95. The molecule has 7 nitrogen and oxygen atoms in total. The van der Waals surface area contributed by atoms with E-state index >= 15 is 0 Å². The fourth-order valence-corrected chi connectivity index (χ4v) is 3.75. The highest BCUT2D eigenvalue weighted by Crippen LogP contribution is 2.25. The average molecular weight is 457 g/mol. The largest absolute Gasteiger partial charge is 0.379 e. The van der Waals surface area contributed by atoms with Crippen molar-refractivity contribution in [3.05, 3.63) is 47.3 Å². The summed E-state index contributed by atoms with van der Waals surface area (Å²) in [4.78, 5) is 15.8. The Bertz CT molecular complexity index is 947. The van der Waals surface area contributed by atoms with Gasteiger partial charge in [0.05, 0.1) is 24.1 Å². The summed E-state index contributed by atoms with van der Waals surface area (Å²) in [6.07, 6.45) is 5.68. The molecule has 1 aliphatic heterocycles. The van der Waals surface area contributed by atoms with E-state index in [0.717, 1.165) is 78.5 Å². The number of benzene rings is 1. The van der Waals surface area contributed by atoms with Crippen LogP contribution < -0.4 is 10.6 Å². The first-order valence-electron chi connectivity index (χ1n) is 9.95. The van der Waals surface area contributed by atoms with Crippen molar-refractivity contribution >= 4 is 44.2 Å². The molecule has 0 spiro atoms. The third-order valence-corrected chi connectivity index (χ3v) is 5.41. The predicted octanol–water partition coefficient (Wildman–Crippen LogP) is 4.06. The van der Waals surface area contributed by atoms with Crippen LogP contribution in [0.5, 0.6) is 0 Å². The first-order chi connectivity index (χ1) is 14.3. The van der Waals surface area contributed by atoms with Crippen LogP contribution >= 0.6 is 15.9 Å². The zero-order chi connectivity index (χ0) is 19.9. The predicted molar refractivity (Wildman–Crippen MR) is 120 cm³/mol. The molecule has 152 valence electrons. The van der Waals surface area contributed by atoms with Gasteiger partial charge in [-0.15, -0.1) is 0 Å². The first kappa shape index (κ1) is 20.0. The summed E-state index contributed by atoms with van der Waals surface area (Å²) in [7, 11) is 0. The maximum Gasteiger partial charge on any atom is 0.143 e. The molecule has 3 heterocycles. The van der Waals surface area contributed by atoms with E-state index in [9.17, 15) is 0 Å². The number of unbranched alkanes of at least 4 members (excludes halogenated alkanes) is 1. The van der Waals surface area contributed by atoms with Crippen LogP contribution in [0.3, 0.4) is 0 Å². The number of nitrogens with one attached hydrogen (secondary N) is 2. The summed E-state index contributed by atoms with van der Waals surface area (Å²) < 4.78 is 6.40. The van der Waals surface area contributed by atoms with Gasteiger partial charge in [-0.3, -0.25) is 4.90 Å². The number of anilines is 3. The Morgan fingerprint density at radius 2 is 1.97 bits per heavy atom. The van der Waals surface area contributed by atoms with E-state index in [1.807, 2.05) is 36.5 Å². The molecule has 0 radical (unpaired) electrons. The monoisotopic (exact) mass is 456 g/mol. The van der Waals surface area contributed by atoms with Crippen molar-refractivity contribution in [2.45, 2.75) is 12.8 Å². The van der Waals surface area contributed by atoms with Gasteiger partial charge < -0.3 is 15.4 Å². The zero-order valence-corrected chi connectivity index (χ0v) is 17.9. The van der Waals surface area contributed by atoms with Gasteiger partial charge in [-0.1, -0.05) is 22.0 Å². The maximum atomic E-state index is 5.39. The van der Waals surface area contributed by atoms with Gasteiger partial charge in [-0.05, 0) is 37.6 Å². The Morgan fingerprint density at radius 1 is 1.07 bits per heavy atom. The topological polar surface area (TPSA) is 75.2 Å². The van der Waals surface area contributed by atoms with Crippen LogP contribution in [0.15, 0.2) is 47.3 Å². The van der Waals surface area contributed by atoms with Crippen molar-refractivity contribution < 1.29 is 4.74 Å². The molecule has 29 heavy (non-hydrogen) atoms. The lowest BCUT2D eigenvalue weighted by molar-refractivity contribution is 0.0373.